The van der Waals surface area contributed by atoms with E-state index >= 15 is 0 Å². The van der Waals surface area contributed by atoms with Gasteiger partial charge in [0.15, 0.2) is 0 Å². The summed E-state index contributed by atoms with van der Waals surface area (Å²) in [6.07, 6.45) is 0. The van der Waals surface area contributed by atoms with E-state index in [1.54, 1.807) is 6.07 Å². The largest absolute Gasteiger partial charge is 0.398 e. The fourth-order valence-electron chi connectivity index (χ4n) is 1.92. The zero-order valence-electron chi connectivity index (χ0n) is 9.24. The standard InChI is InChI=1S/C12H16N4/c13-8-10-1-2-11(12(14)7-10)9-16-5-3-15-4-6-16/h1-2,7,15H,3-6,9,14H2. The highest BCUT2D eigenvalue weighted by Crippen LogP contribution is 2.16. The summed E-state index contributed by atoms with van der Waals surface area (Å²) in [5, 5.41) is 12.1. The maximum absolute atomic E-state index is 8.75. The molecule has 2 rings (SSSR count). The molecule has 0 spiro atoms. The number of hydrogen-bond acceptors (Lipinski definition) is 4. The Hall–Kier alpha value is -1.57. The van der Waals surface area contributed by atoms with Crippen LogP contribution >= 0.6 is 0 Å². The highest BCUT2D eigenvalue weighted by molar-refractivity contribution is 5.52. The van der Waals surface area contributed by atoms with Crippen LogP contribution in [0.2, 0.25) is 0 Å². The van der Waals surface area contributed by atoms with Gasteiger partial charge >= 0.3 is 0 Å². The molecule has 0 bridgehead atoms. The highest BCUT2D eigenvalue weighted by Gasteiger charge is 2.11. The summed E-state index contributed by atoms with van der Waals surface area (Å²) in [5.41, 5.74) is 8.38. The van der Waals surface area contributed by atoms with E-state index in [1.807, 2.05) is 12.1 Å². The number of rotatable bonds is 2. The summed E-state index contributed by atoms with van der Waals surface area (Å²) in [6.45, 7) is 5.06. The van der Waals surface area contributed by atoms with Gasteiger partial charge < -0.3 is 11.1 Å². The second-order valence-corrected chi connectivity index (χ2v) is 4.05. The summed E-state index contributed by atoms with van der Waals surface area (Å²) in [5.74, 6) is 0. The molecule has 0 aromatic heterocycles. The summed E-state index contributed by atoms with van der Waals surface area (Å²) >= 11 is 0. The van der Waals surface area contributed by atoms with Gasteiger partial charge in [-0.15, -0.1) is 0 Å². The third kappa shape index (κ3) is 2.51. The van der Waals surface area contributed by atoms with Crippen molar-refractivity contribution < 1.29 is 0 Å². The number of benzene rings is 1. The van der Waals surface area contributed by atoms with Gasteiger partial charge in [-0.2, -0.15) is 5.26 Å². The summed E-state index contributed by atoms with van der Waals surface area (Å²) in [7, 11) is 0. The molecule has 1 aromatic carbocycles. The van der Waals surface area contributed by atoms with Crippen LogP contribution in [0.15, 0.2) is 18.2 Å². The Morgan fingerprint density at radius 1 is 1.38 bits per heavy atom. The van der Waals surface area contributed by atoms with E-state index in [9.17, 15) is 0 Å². The first kappa shape index (κ1) is 10.9. The Kier molecular flexibility index (Phi) is 3.40. The average molecular weight is 216 g/mol. The minimum Gasteiger partial charge on any atom is -0.398 e. The fourth-order valence-corrected chi connectivity index (χ4v) is 1.92. The van der Waals surface area contributed by atoms with E-state index in [0.29, 0.717) is 5.56 Å². The Labute approximate surface area is 95.7 Å². The van der Waals surface area contributed by atoms with Crippen LogP contribution in [-0.2, 0) is 6.54 Å². The normalized spacial score (nSPS) is 16.9. The van der Waals surface area contributed by atoms with Crippen molar-refractivity contribution in [2.45, 2.75) is 6.54 Å². The van der Waals surface area contributed by atoms with Gasteiger partial charge in [0.2, 0.25) is 0 Å². The summed E-state index contributed by atoms with van der Waals surface area (Å²) in [6, 6.07) is 7.62. The topological polar surface area (TPSA) is 65.1 Å². The minimum atomic E-state index is 0.626. The van der Waals surface area contributed by atoms with Gasteiger partial charge in [0.25, 0.3) is 0 Å². The Morgan fingerprint density at radius 3 is 2.75 bits per heavy atom. The number of nitrogens with zero attached hydrogens (tertiary/aromatic N) is 2. The van der Waals surface area contributed by atoms with Crippen molar-refractivity contribution in [3.8, 4) is 6.07 Å². The van der Waals surface area contributed by atoms with Crippen molar-refractivity contribution >= 4 is 5.69 Å². The van der Waals surface area contributed by atoms with Crippen LogP contribution in [-0.4, -0.2) is 31.1 Å². The van der Waals surface area contributed by atoms with Crippen LogP contribution in [0.25, 0.3) is 0 Å². The van der Waals surface area contributed by atoms with E-state index in [4.69, 9.17) is 11.0 Å². The van der Waals surface area contributed by atoms with Crippen LogP contribution < -0.4 is 11.1 Å². The van der Waals surface area contributed by atoms with Crippen molar-refractivity contribution in [2.75, 3.05) is 31.9 Å². The maximum Gasteiger partial charge on any atom is 0.0992 e. The Morgan fingerprint density at radius 2 is 2.12 bits per heavy atom. The lowest BCUT2D eigenvalue weighted by Crippen LogP contribution is -2.42. The van der Waals surface area contributed by atoms with E-state index in [1.165, 1.54) is 0 Å². The van der Waals surface area contributed by atoms with Crippen molar-refractivity contribution in [3.63, 3.8) is 0 Å². The van der Waals surface area contributed by atoms with E-state index in [-0.39, 0.29) is 0 Å². The van der Waals surface area contributed by atoms with Crippen molar-refractivity contribution in [3.05, 3.63) is 29.3 Å². The van der Waals surface area contributed by atoms with Crippen molar-refractivity contribution in [1.29, 1.82) is 5.26 Å². The van der Waals surface area contributed by atoms with E-state index < -0.39 is 0 Å². The Bertz CT molecular complexity index is 402. The molecule has 0 unspecified atom stereocenters. The first-order chi connectivity index (χ1) is 7.79. The van der Waals surface area contributed by atoms with Gasteiger partial charge in [0, 0.05) is 38.4 Å². The van der Waals surface area contributed by atoms with Crippen LogP contribution in [0.3, 0.4) is 0 Å². The lowest BCUT2D eigenvalue weighted by Gasteiger charge is -2.27. The fraction of sp³-hybridized carbons (Fsp3) is 0.417. The number of hydrogen-bond donors (Lipinski definition) is 2. The third-order valence-electron chi connectivity index (χ3n) is 2.88. The molecule has 1 heterocycles. The molecule has 4 heteroatoms. The molecular formula is C12H16N4. The predicted molar refractivity (Wildman–Crippen MR) is 63.7 cm³/mol. The number of nitrogens with one attached hydrogen (secondary N) is 1. The monoisotopic (exact) mass is 216 g/mol. The van der Waals surface area contributed by atoms with E-state index in [0.717, 1.165) is 44.0 Å². The molecule has 1 fully saturated rings. The molecule has 0 amide bonds. The second kappa shape index (κ2) is 4.97. The predicted octanol–water partition coefficient (Wildman–Crippen LogP) is 0.546. The van der Waals surface area contributed by atoms with Gasteiger partial charge in [-0.1, -0.05) is 6.07 Å². The van der Waals surface area contributed by atoms with Crippen LogP contribution in [0.1, 0.15) is 11.1 Å². The molecular weight excluding hydrogens is 200 g/mol. The SMILES string of the molecule is N#Cc1ccc(CN2CCNCC2)c(N)c1. The molecule has 0 radical (unpaired) electrons. The first-order valence-electron chi connectivity index (χ1n) is 5.51. The van der Waals surface area contributed by atoms with Gasteiger partial charge in [-0.25, -0.2) is 0 Å². The molecule has 0 aliphatic carbocycles. The maximum atomic E-state index is 8.75. The molecule has 1 aliphatic rings. The van der Waals surface area contributed by atoms with Gasteiger partial charge in [-0.3, -0.25) is 4.90 Å². The molecule has 84 valence electrons. The lowest BCUT2D eigenvalue weighted by molar-refractivity contribution is 0.233. The number of piperazine rings is 1. The molecule has 1 aliphatic heterocycles. The minimum absolute atomic E-state index is 0.626. The number of nitriles is 1. The number of nitrogens with two attached hydrogens (primary N) is 1. The highest BCUT2D eigenvalue weighted by atomic mass is 15.2. The molecule has 1 aromatic rings. The van der Waals surface area contributed by atoms with Crippen LogP contribution in [0, 0.1) is 11.3 Å². The average Bonchev–Trinajstić information content (AvgIpc) is 2.33. The molecule has 3 N–H and O–H groups in total. The van der Waals surface area contributed by atoms with Crippen molar-refractivity contribution in [2.24, 2.45) is 0 Å². The third-order valence-corrected chi connectivity index (χ3v) is 2.88. The zero-order chi connectivity index (χ0) is 11.4. The van der Waals surface area contributed by atoms with Crippen LogP contribution in [0.4, 0.5) is 5.69 Å². The molecule has 0 saturated carbocycles. The lowest BCUT2D eigenvalue weighted by atomic mass is 10.1. The smallest absolute Gasteiger partial charge is 0.0992 e. The zero-order valence-corrected chi connectivity index (χ0v) is 9.24. The van der Waals surface area contributed by atoms with Gasteiger partial charge in [0.1, 0.15) is 0 Å². The number of nitrogen functional groups attached to an aromatic ring is 1. The summed E-state index contributed by atoms with van der Waals surface area (Å²) < 4.78 is 0. The summed E-state index contributed by atoms with van der Waals surface area (Å²) in [4.78, 5) is 2.37. The van der Waals surface area contributed by atoms with Gasteiger partial charge in [0.05, 0.1) is 11.6 Å². The van der Waals surface area contributed by atoms with Gasteiger partial charge in [-0.05, 0) is 17.7 Å². The second-order valence-electron chi connectivity index (χ2n) is 4.05. The molecule has 16 heavy (non-hydrogen) atoms. The molecule has 1 saturated heterocycles. The number of anilines is 1. The van der Waals surface area contributed by atoms with E-state index in [2.05, 4.69) is 16.3 Å². The molecule has 4 nitrogen and oxygen atoms in total. The van der Waals surface area contributed by atoms with Crippen molar-refractivity contribution in [1.82, 2.24) is 10.2 Å². The Balaban J connectivity index is 2.06. The van der Waals surface area contributed by atoms with Crippen LogP contribution in [0.5, 0.6) is 0 Å². The first-order valence-corrected chi connectivity index (χ1v) is 5.51. The molecule has 0 atom stereocenters. The quantitative estimate of drug-likeness (QED) is 0.708.